The number of aromatic nitrogens is 3. The van der Waals surface area contributed by atoms with E-state index in [-0.39, 0.29) is 0 Å². The van der Waals surface area contributed by atoms with Crippen LogP contribution in [0.3, 0.4) is 0 Å². The fourth-order valence-electron chi connectivity index (χ4n) is 9.07. The zero-order valence-corrected chi connectivity index (χ0v) is 29.7. The van der Waals surface area contributed by atoms with Gasteiger partial charge < -0.3 is 0 Å². The Morgan fingerprint density at radius 1 is 0.309 bits per heavy atom. The Hall–Kier alpha value is -7.36. The van der Waals surface area contributed by atoms with E-state index in [0.29, 0.717) is 0 Å². The van der Waals surface area contributed by atoms with E-state index < -0.39 is 0 Å². The molecule has 0 saturated heterocycles. The Morgan fingerprint density at radius 2 is 0.818 bits per heavy atom. The highest BCUT2D eigenvalue weighted by Gasteiger charge is 2.24. The molecular weight excluding hydrogens is 667 g/mol. The van der Waals surface area contributed by atoms with Crippen LogP contribution in [0.4, 0.5) is 0 Å². The van der Waals surface area contributed by atoms with Crippen LogP contribution in [0.2, 0.25) is 0 Å². The minimum atomic E-state index is 0.816. The quantitative estimate of drug-likeness (QED) is 0.172. The zero-order chi connectivity index (χ0) is 36.0. The third-order valence-electron chi connectivity index (χ3n) is 11.5. The molecule has 0 radical (unpaired) electrons. The van der Waals surface area contributed by atoms with Gasteiger partial charge in [-0.3, -0.25) is 4.57 Å². The summed E-state index contributed by atoms with van der Waals surface area (Å²) in [5, 5.41) is 14.7. The van der Waals surface area contributed by atoms with Gasteiger partial charge in [0, 0.05) is 27.1 Å². The molecule has 254 valence electrons. The number of rotatable bonds is 3. The highest BCUT2D eigenvalue weighted by atomic mass is 15.1. The summed E-state index contributed by atoms with van der Waals surface area (Å²) >= 11 is 0. The SMILES string of the molecule is c1ccc(-c2ccc(-c3nc4ccc5ccccc5c4nc3-n3c4ccc5ccccc5c4c4c5c6ccccc6c6ccccc6c5ccc43)cc2)cc1. The van der Waals surface area contributed by atoms with E-state index in [1.807, 2.05) is 0 Å². The van der Waals surface area contributed by atoms with Gasteiger partial charge in [-0.05, 0) is 72.4 Å². The summed E-state index contributed by atoms with van der Waals surface area (Å²) in [5.41, 5.74) is 8.20. The summed E-state index contributed by atoms with van der Waals surface area (Å²) in [6, 6.07) is 67.7. The molecule has 0 aliphatic carbocycles. The summed E-state index contributed by atoms with van der Waals surface area (Å²) in [6.07, 6.45) is 0. The minimum absolute atomic E-state index is 0.816. The molecule has 3 nitrogen and oxygen atoms in total. The van der Waals surface area contributed by atoms with Crippen molar-refractivity contribution in [2.75, 3.05) is 0 Å². The van der Waals surface area contributed by atoms with Crippen LogP contribution in [-0.2, 0) is 0 Å². The van der Waals surface area contributed by atoms with Gasteiger partial charge in [0.05, 0.1) is 22.1 Å². The lowest BCUT2D eigenvalue weighted by Gasteiger charge is -2.16. The maximum absolute atomic E-state index is 5.68. The van der Waals surface area contributed by atoms with Crippen LogP contribution in [0, 0.1) is 0 Å². The van der Waals surface area contributed by atoms with E-state index in [2.05, 4.69) is 193 Å². The Morgan fingerprint density at radius 3 is 1.56 bits per heavy atom. The normalized spacial score (nSPS) is 12.0. The summed E-state index contributed by atoms with van der Waals surface area (Å²) in [4.78, 5) is 11.2. The Bertz CT molecular complexity index is 3490. The molecule has 0 aliphatic heterocycles. The topological polar surface area (TPSA) is 30.7 Å². The molecule has 3 heteroatoms. The first-order valence-corrected chi connectivity index (χ1v) is 18.8. The lowest BCUT2D eigenvalue weighted by molar-refractivity contribution is 1.08. The number of hydrogen-bond donors (Lipinski definition) is 0. The van der Waals surface area contributed by atoms with Gasteiger partial charge in [0.25, 0.3) is 0 Å². The van der Waals surface area contributed by atoms with Crippen molar-refractivity contribution in [2.24, 2.45) is 0 Å². The van der Waals surface area contributed by atoms with Gasteiger partial charge in [-0.25, -0.2) is 9.97 Å². The maximum atomic E-state index is 5.68. The van der Waals surface area contributed by atoms with Crippen molar-refractivity contribution in [1.29, 1.82) is 0 Å². The summed E-state index contributed by atoms with van der Waals surface area (Å²) in [7, 11) is 0. The monoisotopic (exact) mass is 697 g/mol. The predicted molar refractivity (Wildman–Crippen MR) is 232 cm³/mol. The minimum Gasteiger partial charge on any atom is -0.292 e. The molecule has 2 heterocycles. The van der Waals surface area contributed by atoms with Gasteiger partial charge in [-0.15, -0.1) is 0 Å². The number of nitrogens with zero attached hydrogens (tertiary/aromatic N) is 3. The first kappa shape index (κ1) is 30.1. The summed E-state index contributed by atoms with van der Waals surface area (Å²) in [5.74, 6) is 0.816. The fourth-order valence-corrected chi connectivity index (χ4v) is 9.07. The second-order valence-electron chi connectivity index (χ2n) is 14.5. The standard InChI is InChI=1S/C52H31N3/c1-2-12-32(13-3-1)33-22-24-36(25-23-33)50-52(54-51-38-17-7-5-15-35(38)26-29-44(51)53-50)55-45-30-27-34-14-4-6-16-37(34)48(45)49-46(55)31-28-43-41-20-9-8-18-39(41)40-19-10-11-21-42(40)47(43)49/h1-31H. The summed E-state index contributed by atoms with van der Waals surface area (Å²) in [6.45, 7) is 0. The van der Waals surface area contributed by atoms with Crippen LogP contribution in [0.25, 0.3) is 115 Å². The maximum Gasteiger partial charge on any atom is 0.165 e. The Labute approximate surface area is 316 Å². The van der Waals surface area contributed by atoms with Crippen LogP contribution in [0.1, 0.15) is 0 Å². The molecule has 12 rings (SSSR count). The van der Waals surface area contributed by atoms with Gasteiger partial charge in [0.2, 0.25) is 0 Å². The van der Waals surface area contributed by atoms with Crippen molar-refractivity contribution < 1.29 is 0 Å². The molecule has 0 amide bonds. The molecule has 0 atom stereocenters. The number of fused-ring (bicyclic) bond motifs is 15. The van der Waals surface area contributed by atoms with E-state index in [9.17, 15) is 0 Å². The molecule has 2 aromatic heterocycles. The van der Waals surface area contributed by atoms with Crippen LogP contribution in [0.15, 0.2) is 188 Å². The van der Waals surface area contributed by atoms with E-state index in [1.165, 1.54) is 65.0 Å². The van der Waals surface area contributed by atoms with Gasteiger partial charge in [-0.2, -0.15) is 0 Å². The number of hydrogen-bond acceptors (Lipinski definition) is 2. The molecule has 0 unspecified atom stereocenters. The first-order chi connectivity index (χ1) is 27.3. The van der Waals surface area contributed by atoms with Gasteiger partial charge in [-0.1, -0.05) is 170 Å². The van der Waals surface area contributed by atoms with Gasteiger partial charge in [0.15, 0.2) is 5.82 Å². The summed E-state index contributed by atoms with van der Waals surface area (Å²) < 4.78 is 2.38. The van der Waals surface area contributed by atoms with E-state index in [1.54, 1.807) is 0 Å². The van der Waals surface area contributed by atoms with Crippen molar-refractivity contribution in [1.82, 2.24) is 14.5 Å². The fraction of sp³-hybridized carbons (Fsp3) is 0. The predicted octanol–water partition coefficient (Wildman–Crippen LogP) is 13.8. The Kier molecular flexibility index (Phi) is 6.34. The second kappa shape index (κ2) is 11.6. The Balaban J connectivity index is 1.27. The molecule has 12 aromatic rings. The molecule has 0 fully saturated rings. The molecular formula is C52H31N3. The largest absolute Gasteiger partial charge is 0.292 e. The smallest absolute Gasteiger partial charge is 0.165 e. The first-order valence-electron chi connectivity index (χ1n) is 18.8. The molecule has 0 aliphatic rings. The van der Waals surface area contributed by atoms with Crippen molar-refractivity contribution in [2.45, 2.75) is 0 Å². The zero-order valence-electron chi connectivity index (χ0n) is 29.7. The van der Waals surface area contributed by atoms with Crippen LogP contribution < -0.4 is 0 Å². The van der Waals surface area contributed by atoms with E-state index >= 15 is 0 Å². The highest BCUT2D eigenvalue weighted by Crippen LogP contribution is 2.46. The molecule has 0 bridgehead atoms. The molecule has 0 N–H and O–H groups in total. The van der Waals surface area contributed by atoms with Crippen molar-refractivity contribution in [3.8, 4) is 28.2 Å². The van der Waals surface area contributed by atoms with Gasteiger partial charge >= 0.3 is 0 Å². The highest BCUT2D eigenvalue weighted by molar-refractivity contribution is 6.37. The van der Waals surface area contributed by atoms with Gasteiger partial charge in [0.1, 0.15) is 5.69 Å². The lowest BCUT2D eigenvalue weighted by Crippen LogP contribution is -2.04. The van der Waals surface area contributed by atoms with Crippen molar-refractivity contribution in [3.05, 3.63) is 188 Å². The lowest BCUT2D eigenvalue weighted by atomic mass is 9.91. The average Bonchev–Trinajstić information content (AvgIpc) is 3.61. The number of benzene rings is 10. The third-order valence-corrected chi connectivity index (χ3v) is 11.5. The van der Waals surface area contributed by atoms with Crippen molar-refractivity contribution in [3.63, 3.8) is 0 Å². The third kappa shape index (κ3) is 4.38. The molecule has 0 saturated carbocycles. The van der Waals surface area contributed by atoms with Crippen molar-refractivity contribution >= 4 is 86.7 Å². The van der Waals surface area contributed by atoms with Crippen LogP contribution >= 0.6 is 0 Å². The molecule has 55 heavy (non-hydrogen) atoms. The molecule has 10 aromatic carbocycles. The molecule has 0 spiro atoms. The second-order valence-corrected chi connectivity index (χ2v) is 14.5. The van der Waals surface area contributed by atoms with E-state index in [4.69, 9.17) is 9.97 Å². The average molecular weight is 698 g/mol. The van der Waals surface area contributed by atoms with E-state index in [0.717, 1.165) is 49.9 Å². The van der Waals surface area contributed by atoms with Crippen LogP contribution in [-0.4, -0.2) is 14.5 Å². The van der Waals surface area contributed by atoms with Crippen LogP contribution in [0.5, 0.6) is 0 Å².